The molecule has 0 spiro atoms. The van der Waals surface area contributed by atoms with E-state index in [1.54, 1.807) is 0 Å². The molecule has 0 saturated carbocycles. The van der Waals surface area contributed by atoms with Crippen LogP contribution in [0.3, 0.4) is 0 Å². The zero-order chi connectivity index (χ0) is 36.7. The van der Waals surface area contributed by atoms with Crippen LogP contribution >= 0.6 is 0 Å². The van der Waals surface area contributed by atoms with Crippen molar-refractivity contribution in [3.8, 4) is 33.4 Å². The van der Waals surface area contributed by atoms with Crippen LogP contribution in [0.2, 0.25) is 0 Å². The summed E-state index contributed by atoms with van der Waals surface area (Å²) in [6, 6.07) is 68.4. The van der Waals surface area contributed by atoms with Gasteiger partial charge in [0, 0.05) is 38.8 Å². The van der Waals surface area contributed by atoms with Gasteiger partial charge in [0.05, 0.1) is 0 Å². The molecule has 0 atom stereocenters. The molecule has 55 heavy (non-hydrogen) atoms. The Kier molecular flexibility index (Phi) is 6.93. The molecule has 0 N–H and O–H groups in total. The number of benzene rings is 9. The molecule has 0 radical (unpaired) electrons. The predicted molar refractivity (Wildman–Crippen MR) is 232 cm³/mol. The summed E-state index contributed by atoms with van der Waals surface area (Å²) in [5.74, 6) is 0. The molecule has 0 aliphatic heterocycles. The highest BCUT2D eigenvalue weighted by Gasteiger charge is 2.35. The maximum atomic E-state index is 6.87. The van der Waals surface area contributed by atoms with Crippen LogP contribution < -0.4 is 4.90 Å². The zero-order valence-corrected chi connectivity index (χ0v) is 30.8. The number of hydrogen-bond donors (Lipinski definition) is 0. The van der Waals surface area contributed by atoms with E-state index < -0.39 is 0 Å². The van der Waals surface area contributed by atoms with Crippen LogP contribution in [0.1, 0.15) is 25.0 Å². The van der Waals surface area contributed by atoms with Crippen LogP contribution in [0.5, 0.6) is 0 Å². The lowest BCUT2D eigenvalue weighted by Crippen LogP contribution is -2.16. The summed E-state index contributed by atoms with van der Waals surface area (Å²) in [7, 11) is 0. The molecule has 1 aliphatic rings. The average Bonchev–Trinajstić information content (AvgIpc) is 3.73. The number of anilines is 3. The fourth-order valence-corrected chi connectivity index (χ4v) is 9.04. The van der Waals surface area contributed by atoms with Gasteiger partial charge in [0.25, 0.3) is 0 Å². The van der Waals surface area contributed by atoms with Crippen LogP contribution in [0, 0.1) is 0 Å². The molecule has 0 amide bonds. The lowest BCUT2D eigenvalue weighted by Gasteiger charge is -2.28. The minimum absolute atomic E-state index is 0.117. The molecule has 10 aromatic rings. The largest absolute Gasteiger partial charge is 0.455 e. The molecular formula is C53H37NO. The summed E-state index contributed by atoms with van der Waals surface area (Å²) in [5.41, 5.74) is 15.0. The number of hydrogen-bond acceptors (Lipinski definition) is 2. The van der Waals surface area contributed by atoms with Crippen molar-refractivity contribution in [2.75, 3.05) is 4.90 Å². The van der Waals surface area contributed by atoms with E-state index in [9.17, 15) is 0 Å². The van der Waals surface area contributed by atoms with Crippen LogP contribution in [0.15, 0.2) is 192 Å². The molecule has 2 heteroatoms. The third kappa shape index (κ3) is 4.95. The standard InChI is InChI=1S/C53H37NO/c1-53(2)48-19-11-10-18-44(48)45-28-26-42(33-49(45)53)54(40-24-22-36(23-25-40)34-12-4-3-5-13-34)41-27-29-50-47(32-41)51-43-17-9-8-16-38(43)31-46(52(51)55-50)39-21-20-35-14-6-7-15-37(35)30-39/h3-33H,1-2H3. The van der Waals surface area contributed by atoms with Crippen molar-refractivity contribution in [1.82, 2.24) is 0 Å². The van der Waals surface area contributed by atoms with E-state index in [1.807, 2.05) is 0 Å². The highest BCUT2D eigenvalue weighted by molar-refractivity contribution is 6.23. The number of fused-ring (bicyclic) bond motifs is 9. The summed E-state index contributed by atoms with van der Waals surface area (Å²) in [6.07, 6.45) is 0. The van der Waals surface area contributed by atoms with Crippen molar-refractivity contribution in [2.24, 2.45) is 0 Å². The van der Waals surface area contributed by atoms with Crippen molar-refractivity contribution in [2.45, 2.75) is 19.3 Å². The Bertz CT molecular complexity index is 3110. The molecule has 1 aromatic heterocycles. The first-order valence-electron chi connectivity index (χ1n) is 19.1. The maximum Gasteiger partial charge on any atom is 0.143 e. The summed E-state index contributed by atoms with van der Waals surface area (Å²) in [5, 5.41) is 7.07. The molecule has 0 saturated heterocycles. The van der Waals surface area contributed by atoms with Crippen molar-refractivity contribution in [3.05, 3.63) is 199 Å². The second kappa shape index (κ2) is 12.1. The van der Waals surface area contributed by atoms with Gasteiger partial charge in [0.2, 0.25) is 0 Å². The van der Waals surface area contributed by atoms with Gasteiger partial charge < -0.3 is 9.32 Å². The lowest BCUT2D eigenvalue weighted by molar-refractivity contribution is 0.660. The van der Waals surface area contributed by atoms with E-state index in [4.69, 9.17) is 4.42 Å². The summed E-state index contributed by atoms with van der Waals surface area (Å²) >= 11 is 0. The number of rotatable bonds is 5. The fourth-order valence-electron chi connectivity index (χ4n) is 9.04. The van der Waals surface area contributed by atoms with Crippen LogP contribution in [-0.4, -0.2) is 0 Å². The molecule has 1 heterocycles. The Morgan fingerprint density at radius 3 is 1.89 bits per heavy atom. The smallest absolute Gasteiger partial charge is 0.143 e. The summed E-state index contributed by atoms with van der Waals surface area (Å²) in [4.78, 5) is 2.40. The first-order valence-corrected chi connectivity index (χ1v) is 19.1. The van der Waals surface area contributed by atoms with Crippen molar-refractivity contribution < 1.29 is 4.42 Å². The van der Waals surface area contributed by atoms with E-state index in [-0.39, 0.29) is 5.41 Å². The van der Waals surface area contributed by atoms with E-state index in [1.165, 1.54) is 54.9 Å². The molecule has 0 fully saturated rings. The highest BCUT2D eigenvalue weighted by Crippen LogP contribution is 2.51. The van der Waals surface area contributed by atoms with Crippen LogP contribution in [-0.2, 0) is 5.41 Å². The quantitative estimate of drug-likeness (QED) is 0.177. The van der Waals surface area contributed by atoms with Gasteiger partial charge in [-0.05, 0) is 115 Å². The highest BCUT2D eigenvalue weighted by atomic mass is 16.3. The Morgan fingerprint density at radius 1 is 0.400 bits per heavy atom. The molecule has 0 unspecified atom stereocenters. The minimum Gasteiger partial charge on any atom is -0.455 e. The van der Waals surface area contributed by atoms with E-state index in [0.717, 1.165) is 50.1 Å². The Balaban J connectivity index is 1.13. The molecule has 0 bridgehead atoms. The number of furan rings is 1. The van der Waals surface area contributed by atoms with E-state index >= 15 is 0 Å². The minimum atomic E-state index is -0.117. The number of nitrogens with zero attached hydrogens (tertiary/aromatic N) is 1. The topological polar surface area (TPSA) is 16.4 Å². The average molecular weight is 704 g/mol. The molecule has 11 rings (SSSR count). The van der Waals surface area contributed by atoms with E-state index in [0.29, 0.717) is 0 Å². The third-order valence-corrected chi connectivity index (χ3v) is 11.8. The Labute approximate surface area is 320 Å². The first kappa shape index (κ1) is 31.6. The molecule has 260 valence electrons. The van der Waals surface area contributed by atoms with Crippen LogP contribution in [0.25, 0.3) is 76.9 Å². The van der Waals surface area contributed by atoms with Gasteiger partial charge in [-0.25, -0.2) is 0 Å². The zero-order valence-electron chi connectivity index (χ0n) is 30.8. The van der Waals surface area contributed by atoms with Gasteiger partial charge >= 0.3 is 0 Å². The summed E-state index contributed by atoms with van der Waals surface area (Å²) < 4.78 is 6.87. The second-order valence-electron chi connectivity index (χ2n) is 15.3. The molecular weight excluding hydrogens is 667 g/mol. The van der Waals surface area contributed by atoms with Crippen molar-refractivity contribution in [3.63, 3.8) is 0 Å². The Hall–Kier alpha value is -6.90. The van der Waals surface area contributed by atoms with Crippen molar-refractivity contribution >= 4 is 60.5 Å². The monoisotopic (exact) mass is 703 g/mol. The molecule has 1 aliphatic carbocycles. The van der Waals surface area contributed by atoms with Gasteiger partial charge in [-0.1, -0.05) is 147 Å². The van der Waals surface area contributed by atoms with Gasteiger partial charge in [-0.2, -0.15) is 0 Å². The fraction of sp³-hybridized carbons (Fsp3) is 0.0566. The van der Waals surface area contributed by atoms with Gasteiger partial charge in [-0.15, -0.1) is 0 Å². The summed E-state index contributed by atoms with van der Waals surface area (Å²) in [6.45, 7) is 4.70. The van der Waals surface area contributed by atoms with Crippen LogP contribution in [0.4, 0.5) is 17.1 Å². The predicted octanol–water partition coefficient (Wildman–Crippen LogP) is 15.0. The van der Waals surface area contributed by atoms with Crippen molar-refractivity contribution in [1.29, 1.82) is 0 Å². The van der Waals surface area contributed by atoms with Gasteiger partial charge in [0.1, 0.15) is 11.2 Å². The van der Waals surface area contributed by atoms with E-state index in [2.05, 4.69) is 207 Å². The Morgan fingerprint density at radius 2 is 1.04 bits per heavy atom. The third-order valence-electron chi connectivity index (χ3n) is 11.8. The lowest BCUT2D eigenvalue weighted by atomic mass is 9.82. The SMILES string of the molecule is CC1(C)c2ccccc2-c2ccc(N(c3ccc(-c4ccccc4)cc3)c3ccc4oc5c(-c6ccc7ccccc7c6)cc6ccccc6c5c4c3)cc21. The first-order chi connectivity index (χ1) is 27.0. The van der Waals surface area contributed by atoms with Gasteiger partial charge in [-0.3, -0.25) is 0 Å². The van der Waals surface area contributed by atoms with Gasteiger partial charge in [0.15, 0.2) is 0 Å². The molecule has 2 nitrogen and oxygen atoms in total. The second-order valence-corrected chi connectivity index (χ2v) is 15.3. The normalized spacial score (nSPS) is 13.1. The molecule has 9 aromatic carbocycles. The maximum absolute atomic E-state index is 6.87.